The van der Waals surface area contributed by atoms with E-state index in [4.69, 9.17) is 4.42 Å². The maximum absolute atomic E-state index is 13.3. The maximum Gasteiger partial charge on any atom is 0.123 e. The van der Waals surface area contributed by atoms with Crippen LogP contribution in [0.5, 0.6) is 0 Å². The van der Waals surface area contributed by atoms with Crippen LogP contribution >= 0.6 is 0 Å². The number of halogens is 1. The number of fused-ring (bicyclic) bond motifs is 3. The fourth-order valence-electron chi connectivity index (χ4n) is 5.77. The van der Waals surface area contributed by atoms with E-state index in [1.807, 2.05) is 60.9 Å². The van der Waals surface area contributed by atoms with E-state index in [-0.39, 0.29) is 31.3 Å². The molecule has 48 heavy (non-hydrogen) atoms. The van der Waals surface area contributed by atoms with Crippen LogP contribution in [0.2, 0.25) is 19.6 Å². The van der Waals surface area contributed by atoms with E-state index in [0.717, 1.165) is 55.6 Å². The summed E-state index contributed by atoms with van der Waals surface area (Å²) in [6.45, 7) is 15.7. The van der Waals surface area contributed by atoms with Crippen molar-refractivity contribution in [2.75, 3.05) is 0 Å². The van der Waals surface area contributed by atoms with Crippen molar-refractivity contribution in [2.45, 2.75) is 52.8 Å². The molecule has 7 aromatic rings. The van der Waals surface area contributed by atoms with Gasteiger partial charge in [-0.2, -0.15) is 0 Å². The van der Waals surface area contributed by atoms with Crippen LogP contribution in [0.1, 0.15) is 31.9 Å². The predicted molar refractivity (Wildman–Crippen MR) is 196 cm³/mol. The molecule has 3 nitrogen and oxygen atoms in total. The van der Waals surface area contributed by atoms with E-state index in [2.05, 4.69) is 93.7 Å². The molecule has 6 heteroatoms. The number of nitrogens with zero attached hydrogens (tertiary/aromatic N) is 2. The standard InChI is InChI=1S/C28H23FNO.C14H16NSi.Ir/c1-17-16-30-25(15-24(17)28(2,3)4)23-7-5-6-22-21-13-10-19(14-26(21)31-27(22)23)18-8-11-20(29)12-9-18;1-16(2,3)13-9-10-14(15-11-13)12-7-5-4-6-8-12;/h5-6,8-16H,1-4H3;4-7,9-11H,1-3H3;/q2*-1;. The van der Waals surface area contributed by atoms with Crippen molar-refractivity contribution in [2.24, 2.45) is 0 Å². The Hall–Kier alpha value is -4.22. The maximum atomic E-state index is 13.3. The van der Waals surface area contributed by atoms with Crippen LogP contribution in [0.3, 0.4) is 0 Å². The Kier molecular flexibility index (Phi) is 10.3. The number of pyridine rings is 2. The van der Waals surface area contributed by atoms with Crippen LogP contribution in [0.15, 0.2) is 114 Å². The topological polar surface area (TPSA) is 38.9 Å². The third kappa shape index (κ3) is 7.57. The molecule has 0 amide bonds. The zero-order chi connectivity index (χ0) is 33.3. The molecule has 0 aliphatic heterocycles. The first-order valence-electron chi connectivity index (χ1n) is 15.9. The molecule has 0 aliphatic carbocycles. The van der Waals surface area contributed by atoms with Gasteiger partial charge in [0.1, 0.15) is 11.4 Å². The van der Waals surface area contributed by atoms with E-state index in [1.165, 1.54) is 28.4 Å². The molecule has 245 valence electrons. The fourth-order valence-corrected chi connectivity index (χ4v) is 6.81. The first-order valence-corrected chi connectivity index (χ1v) is 19.4. The number of aromatic nitrogens is 2. The van der Waals surface area contributed by atoms with Gasteiger partial charge in [-0.25, -0.2) is 4.39 Å². The first-order chi connectivity index (χ1) is 22.4. The van der Waals surface area contributed by atoms with E-state index in [0.29, 0.717) is 0 Å². The van der Waals surface area contributed by atoms with Gasteiger partial charge in [0, 0.05) is 37.9 Å². The van der Waals surface area contributed by atoms with Crippen molar-refractivity contribution in [1.82, 2.24) is 9.97 Å². The summed E-state index contributed by atoms with van der Waals surface area (Å²) in [4.78, 5) is 9.21. The minimum absolute atomic E-state index is 0. The molecule has 0 fully saturated rings. The van der Waals surface area contributed by atoms with Crippen LogP contribution in [0.4, 0.5) is 4.39 Å². The Morgan fingerprint density at radius 3 is 2.10 bits per heavy atom. The molecule has 3 aromatic heterocycles. The van der Waals surface area contributed by atoms with Crippen molar-refractivity contribution in [3.8, 4) is 33.6 Å². The van der Waals surface area contributed by atoms with Crippen molar-refractivity contribution in [3.63, 3.8) is 0 Å². The molecule has 0 saturated carbocycles. The van der Waals surface area contributed by atoms with Crippen LogP contribution in [0, 0.1) is 24.9 Å². The monoisotopic (exact) mass is 827 g/mol. The Morgan fingerprint density at radius 2 is 1.46 bits per heavy atom. The summed E-state index contributed by atoms with van der Waals surface area (Å²) in [6, 6.07) is 37.5. The van der Waals surface area contributed by atoms with Gasteiger partial charge in [0.05, 0.1) is 13.7 Å². The molecule has 1 radical (unpaired) electrons. The van der Waals surface area contributed by atoms with Crippen molar-refractivity contribution in [3.05, 3.63) is 139 Å². The Labute approximate surface area is 297 Å². The Bertz CT molecular complexity index is 2160. The molecule has 0 N–H and O–H groups in total. The zero-order valence-electron chi connectivity index (χ0n) is 28.4. The molecule has 4 aromatic carbocycles. The normalized spacial score (nSPS) is 11.6. The van der Waals surface area contributed by atoms with Crippen LogP contribution < -0.4 is 5.19 Å². The smallest absolute Gasteiger partial charge is 0.123 e. The third-order valence-corrected chi connectivity index (χ3v) is 10.4. The number of benzene rings is 4. The van der Waals surface area contributed by atoms with Gasteiger partial charge >= 0.3 is 0 Å². The average molecular weight is 827 g/mol. The van der Waals surface area contributed by atoms with Crippen LogP contribution in [0.25, 0.3) is 55.6 Å². The summed E-state index contributed by atoms with van der Waals surface area (Å²) in [6.07, 6.45) is 3.94. The number of furan rings is 1. The molecule has 3 heterocycles. The predicted octanol–water partition coefficient (Wildman–Crippen LogP) is 11.0. The molecular formula is C42H39FIrN2OSi-2. The van der Waals surface area contributed by atoms with E-state index >= 15 is 0 Å². The number of aryl methyl sites for hydroxylation is 1. The molecule has 0 spiro atoms. The summed E-state index contributed by atoms with van der Waals surface area (Å²) in [7, 11) is -1.23. The molecule has 0 aliphatic rings. The second-order valence-corrected chi connectivity index (χ2v) is 19.1. The van der Waals surface area contributed by atoms with Gasteiger partial charge in [0.25, 0.3) is 0 Å². The third-order valence-electron chi connectivity index (χ3n) is 8.39. The fraction of sp³-hybridized carbons (Fsp3) is 0.190. The molecule has 0 saturated heterocycles. The number of rotatable bonds is 4. The van der Waals surface area contributed by atoms with Gasteiger partial charge in [0.15, 0.2) is 0 Å². The SMILES string of the molecule is C[Si](C)(C)c1ccc(-c2[c-]cccc2)nc1.Cc1cnc(-c2[c-]ccc3c2oc2cc(-c4ccc(F)cc4)ccc23)cc1C(C)(C)C.[Ir]. The average Bonchev–Trinajstić information content (AvgIpc) is 3.43. The van der Waals surface area contributed by atoms with E-state index < -0.39 is 8.07 Å². The minimum atomic E-state index is -1.23. The quantitative estimate of drug-likeness (QED) is 0.131. The summed E-state index contributed by atoms with van der Waals surface area (Å²) in [5.74, 6) is -0.242. The molecular weight excluding hydrogens is 788 g/mol. The Balaban J connectivity index is 0.000000224. The molecule has 0 unspecified atom stereocenters. The molecule has 7 rings (SSSR count). The van der Waals surface area contributed by atoms with Gasteiger partial charge in [-0.3, -0.25) is 0 Å². The number of hydrogen-bond donors (Lipinski definition) is 0. The summed E-state index contributed by atoms with van der Waals surface area (Å²) < 4.78 is 19.6. The second-order valence-electron chi connectivity index (χ2n) is 14.0. The Morgan fingerprint density at radius 1 is 0.729 bits per heavy atom. The summed E-state index contributed by atoms with van der Waals surface area (Å²) >= 11 is 0. The van der Waals surface area contributed by atoms with Crippen molar-refractivity contribution < 1.29 is 28.9 Å². The molecule has 0 bridgehead atoms. The summed E-state index contributed by atoms with van der Waals surface area (Å²) in [5.41, 5.74) is 9.76. The second kappa shape index (κ2) is 14.1. The van der Waals surface area contributed by atoms with Gasteiger partial charge in [0.2, 0.25) is 0 Å². The van der Waals surface area contributed by atoms with Crippen molar-refractivity contribution >= 4 is 35.2 Å². The number of hydrogen-bond acceptors (Lipinski definition) is 3. The van der Waals surface area contributed by atoms with Gasteiger partial charge in [-0.05, 0) is 69.4 Å². The largest absolute Gasteiger partial charge is 0.501 e. The van der Waals surface area contributed by atoms with E-state index in [9.17, 15) is 4.39 Å². The zero-order valence-corrected chi connectivity index (χ0v) is 31.8. The van der Waals surface area contributed by atoms with E-state index in [1.54, 1.807) is 12.1 Å². The first kappa shape index (κ1) is 35.1. The molecule has 0 atom stereocenters. The van der Waals surface area contributed by atoms with Crippen LogP contribution in [-0.2, 0) is 25.5 Å². The van der Waals surface area contributed by atoms with Gasteiger partial charge in [-0.15, -0.1) is 54.1 Å². The van der Waals surface area contributed by atoms with Crippen LogP contribution in [-0.4, -0.2) is 18.0 Å². The minimum Gasteiger partial charge on any atom is -0.501 e. The van der Waals surface area contributed by atoms with Gasteiger partial charge < -0.3 is 14.4 Å². The summed E-state index contributed by atoms with van der Waals surface area (Å²) in [5, 5.41) is 3.47. The van der Waals surface area contributed by atoms with Crippen molar-refractivity contribution in [1.29, 1.82) is 0 Å². The van der Waals surface area contributed by atoms with Gasteiger partial charge in [-0.1, -0.05) is 93.8 Å².